The second kappa shape index (κ2) is 5.22. The first-order chi connectivity index (χ1) is 8.20. The largest absolute Gasteiger partial charge is 0.248 e. The van der Waals surface area contributed by atoms with Gasteiger partial charge in [0.1, 0.15) is 11.1 Å². The molecule has 1 heterocycles. The molecule has 1 aromatic carbocycles. The molecule has 0 saturated heterocycles. The highest BCUT2D eigenvalue weighted by Gasteiger charge is 2.08. The third-order valence-corrected chi connectivity index (χ3v) is 3.72. The van der Waals surface area contributed by atoms with Crippen LogP contribution in [0.3, 0.4) is 0 Å². The number of aryl methyl sites for hydroxylation is 1. The van der Waals surface area contributed by atoms with Gasteiger partial charge in [-0.25, -0.2) is 4.98 Å². The molecule has 4 heteroatoms. The van der Waals surface area contributed by atoms with Gasteiger partial charge in [-0.1, -0.05) is 41.1 Å². The number of benzene rings is 1. The zero-order valence-corrected chi connectivity index (χ0v) is 10.7. The van der Waals surface area contributed by atoms with Gasteiger partial charge in [0.25, 0.3) is 0 Å². The highest BCUT2D eigenvalue weighted by Crippen LogP contribution is 2.32. The summed E-state index contributed by atoms with van der Waals surface area (Å²) >= 11 is 7.54. The highest BCUT2D eigenvalue weighted by molar-refractivity contribution is 7.99. The van der Waals surface area contributed by atoms with E-state index in [-0.39, 0.29) is 0 Å². The topological polar surface area (TPSA) is 36.7 Å². The van der Waals surface area contributed by atoms with Crippen LogP contribution in [0.15, 0.2) is 46.5 Å². The Kier molecular flexibility index (Phi) is 3.68. The normalized spacial score (nSPS) is 9.94. The Morgan fingerprint density at radius 1 is 1.24 bits per heavy atom. The molecule has 0 aliphatic rings. The number of hydrogen-bond acceptors (Lipinski definition) is 3. The average molecular weight is 261 g/mol. The van der Waals surface area contributed by atoms with Crippen molar-refractivity contribution in [3.63, 3.8) is 0 Å². The summed E-state index contributed by atoms with van der Waals surface area (Å²) in [7, 11) is 0. The van der Waals surface area contributed by atoms with Gasteiger partial charge >= 0.3 is 0 Å². The zero-order chi connectivity index (χ0) is 12.3. The molecule has 0 aliphatic heterocycles. The Balaban J connectivity index is 2.31. The van der Waals surface area contributed by atoms with Gasteiger partial charge in [-0.3, -0.25) is 0 Å². The van der Waals surface area contributed by atoms with Crippen molar-refractivity contribution in [1.82, 2.24) is 4.98 Å². The van der Waals surface area contributed by atoms with Gasteiger partial charge in [-0.05, 0) is 25.1 Å². The summed E-state index contributed by atoms with van der Waals surface area (Å²) in [5.74, 6) is 0. The van der Waals surface area contributed by atoms with Crippen LogP contribution in [-0.2, 0) is 0 Å². The van der Waals surface area contributed by atoms with Crippen LogP contribution in [-0.4, -0.2) is 4.98 Å². The molecule has 0 amide bonds. The fourth-order valence-electron chi connectivity index (χ4n) is 1.30. The van der Waals surface area contributed by atoms with E-state index in [1.807, 2.05) is 37.3 Å². The Morgan fingerprint density at radius 2 is 1.94 bits per heavy atom. The summed E-state index contributed by atoms with van der Waals surface area (Å²) in [6, 6.07) is 11.7. The summed E-state index contributed by atoms with van der Waals surface area (Å²) in [4.78, 5) is 5.24. The van der Waals surface area contributed by atoms with Crippen LogP contribution in [0.5, 0.6) is 0 Å². The fraction of sp³-hybridized carbons (Fsp3) is 0.0769. The average Bonchev–Trinajstić information content (AvgIpc) is 2.35. The molecule has 2 nitrogen and oxygen atoms in total. The van der Waals surface area contributed by atoms with E-state index >= 15 is 0 Å². The molecule has 0 aliphatic carbocycles. The van der Waals surface area contributed by atoms with Gasteiger partial charge in [0.05, 0.1) is 10.6 Å². The van der Waals surface area contributed by atoms with Gasteiger partial charge < -0.3 is 0 Å². The van der Waals surface area contributed by atoms with Crippen molar-refractivity contribution >= 4 is 23.4 Å². The Morgan fingerprint density at radius 3 is 2.59 bits per heavy atom. The van der Waals surface area contributed by atoms with Gasteiger partial charge in [0.2, 0.25) is 0 Å². The lowest BCUT2D eigenvalue weighted by Crippen LogP contribution is -1.85. The molecule has 0 bridgehead atoms. The Hall–Kier alpha value is -1.50. The van der Waals surface area contributed by atoms with Crippen LogP contribution in [0.25, 0.3) is 0 Å². The van der Waals surface area contributed by atoms with Crippen LogP contribution in [0.4, 0.5) is 0 Å². The number of halogens is 1. The monoisotopic (exact) mass is 260 g/mol. The van der Waals surface area contributed by atoms with Gasteiger partial charge in [-0.2, -0.15) is 5.26 Å². The van der Waals surface area contributed by atoms with Gasteiger partial charge in [0.15, 0.2) is 0 Å². The standard InChI is InChI=1S/C13H9ClN2S/c1-9-2-4-11(5-3-9)17-13-12(14)10(8-15)6-7-16-13/h2-7H,1H3. The highest BCUT2D eigenvalue weighted by atomic mass is 35.5. The molecule has 1 aromatic heterocycles. The lowest BCUT2D eigenvalue weighted by Gasteiger charge is -2.04. The van der Waals surface area contributed by atoms with E-state index in [0.29, 0.717) is 15.6 Å². The van der Waals surface area contributed by atoms with Crippen LogP contribution in [0.1, 0.15) is 11.1 Å². The van der Waals surface area contributed by atoms with Gasteiger partial charge in [-0.15, -0.1) is 0 Å². The second-order valence-corrected chi connectivity index (χ2v) is 4.94. The maximum atomic E-state index is 8.87. The molecule has 0 atom stereocenters. The lowest BCUT2D eigenvalue weighted by molar-refractivity contribution is 1.12. The van der Waals surface area contributed by atoms with E-state index in [4.69, 9.17) is 16.9 Å². The summed E-state index contributed by atoms with van der Waals surface area (Å²) in [5.41, 5.74) is 1.66. The minimum Gasteiger partial charge on any atom is -0.248 e. The van der Waals surface area contributed by atoms with Crippen molar-refractivity contribution in [3.8, 4) is 6.07 Å². The molecule has 0 fully saturated rings. The number of nitriles is 1. The molecule has 0 unspecified atom stereocenters. The maximum absolute atomic E-state index is 8.87. The molecule has 0 radical (unpaired) electrons. The van der Waals surface area contributed by atoms with Crippen molar-refractivity contribution < 1.29 is 0 Å². The molecule has 2 rings (SSSR count). The first kappa shape index (κ1) is 12.0. The number of aromatic nitrogens is 1. The minimum atomic E-state index is 0.417. The van der Waals surface area contributed by atoms with E-state index in [1.165, 1.54) is 17.3 Å². The Labute approximate surface area is 109 Å². The second-order valence-electron chi connectivity index (χ2n) is 3.50. The number of pyridine rings is 1. The van der Waals surface area contributed by atoms with Crippen molar-refractivity contribution in [3.05, 3.63) is 52.7 Å². The molecule has 0 N–H and O–H groups in total. The third-order valence-electron chi connectivity index (χ3n) is 2.21. The van der Waals surface area contributed by atoms with Crippen LogP contribution < -0.4 is 0 Å². The van der Waals surface area contributed by atoms with E-state index in [1.54, 1.807) is 12.3 Å². The number of rotatable bonds is 2. The van der Waals surface area contributed by atoms with Crippen LogP contribution >= 0.6 is 23.4 Å². The van der Waals surface area contributed by atoms with E-state index in [9.17, 15) is 0 Å². The number of hydrogen-bond donors (Lipinski definition) is 0. The van der Waals surface area contributed by atoms with Crippen molar-refractivity contribution in [1.29, 1.82) is 5.26 Å². The fourth-order valence-corrected chi connectivity index (χ4v) is 2.38. The smallest absolute Gasteiger partial charge is 0.121 e. The molecule has 2 aromatic rings. The summed E-state index contributed by atoms with van der Waals surface area (Å²) in [6.07, 6.45) is 1.60. The lowest BCUT2D eigenvalue weighted by atomic mass is 10.2. The summed E-state index contributed by atoms with van der Waals surface area (Å²) in [6.45, 7) is 2.04. The van der Waals surface area contributed by atoms with Crippen LogP contribution in [0.2, 0.25) is 5.02 Å². The molecule has 0 spiro atoms. The first-order valence-electron chi connectivity index (χ1n) is 5.00. The molecule has 0 saturated carbocycles. The molecular formula is C13H9ClN2S. The van der Waals surface area contributed by atoms with Crippen LogP contribution in [0, 0.1) is 18.3 Å². The van der Waals surface area contributed by atoms with E-state index in [0.717, 1.165) is 4.90 Å². The quantitative estimate of drug-likeness (QED) is 0.817. The molecular weight excluding hydrogens is 252 g/mol. The predicted octanol–water partition coefficient (Wildman–Crippen LogP) is 4.07. The summed E-state index contributed by atoms with van der Waals surface area (Å²) < 4.78 is 0. The molecule has 84 valence electrons. The Bertz CT molecular complexity index is 573. The van der Waals surface area contributed by atoms with Crippen molar-refractivity contribution in [2.75, 3.05) is 0 Å². The van der Waals surface area contributed by atoms with E-state index in [2.05, 4.69) is 4.98 Å². The van der Waals surface area contributed by atoms with Gasteiger partial charge in [0, 0.05) is 11.1 Å². The first-order valence-corrected chi connectivity index (χ1v) is 6.19. The third kappa shape index (κ3) is 2.79. The maximum Gasteiger partial charge on any atom is 0.121 e. The van der Waals surface area contributed by atoms with E-state index < -0.39 is 0 Å². The molecule has 17 heavy (non-hydrogen) atoms. The van der Waals surface area contributed by atoms with Crippen molar-refractivity contribution in [2.24, 2.45) is 0 Å². The number of nitrogens with zero attached hydrogens (tertiary/aromatic N) is 2. The minimum absolute atomic E-state index is 0.417. The van der Waals surface area contributed by atoms with Crippen molar-refractivity contribution in [2.45, 2.75) is 16.8 Å². The SMILES string of the molecule is Cc1ccc(Sc2nccc(C#N)c2Cl)cc1. The predicted molar refractivity (Wildman–Crippen MR) is 69.3 cm³/mol. The zero-order valence-electron chi connectivity index (χ0n) is 9.14. The summed E-state index contributed by atoms with van der Waals surface area (Å²) in [5, 5.41) is 9.95.